The van der Waals surface area contributed by atoms with Crippen LogP contribution in [0.5, 0.6) is 0 Å². The topological polar surface area (TPSA) is 113 Å². The van der Waals surface area contributed by atoms with Gasteiger partial charge in [-0.1, -0.05) is 64.8 Å². The Morgan fingerprint density at radius 2 is 1.94 bits per heavy atom. The molecular formula is C26H32N4O4S. The number of unbranched alkanes of at least 4 members (excludes halogenated alkanes) is 1. The quantitative estimate of drug-likeness (QED) is 0.311. The number of aromatic amines is 1. The molecular weight excluding hydrogens is 464 g/mol. The third-order valence-electron chi connectivity index (χ3n) is 5.43. The fourth-order valence-electron chi connectivity index (χ4n) is 3.67. The molecule has 0 saturated heterocycles. The van der Waals surface area contributed by atoms with E-state index in [4.69, 9.17) is 4.74 Å². The van der Waals surface area contributed by atoms with Crippen LogP contribution in [0.2, 0.25) is 0 Å². The van der Waals surface area contributed by atoms with Crippen molar-refractivity contribution in [2.24, 2.45) is 5.41 Å². The van der Waals surface area contributed by atoms with Gasteiger partial charge in [0, 0.05) is 16.4 Å². The summed E-state index contributed by atoms with van der Waals surface area (Å²) in [5.74, 6) is -1.26. The van der Waals surface area contributed by atoms with Crippen molar-refractivity contribution >= 4 is 34.9 Å². The number of anilines is 1. The molecule has 186 valence electrons. The van der Waals surface area contributed by atoms with Gasteiger partial charge in [0.15, 0.2) is 0 Å². The molecule has 35 heavy (non-hydrogen) atoms. The summed E-state index contributed by atoms with van der Waals surface area (Å²) in [4.78, 5) is 39.4. The zero-order chi connectivity index (χ0) is 25.4. The van der Waals surface area contributed by atoms with Crippen LogP contribution in [0.4, 0.5) is 10.6 Å². The molecule has 2 aromatic heterocycles. The van der Waals surface area contributed by atoms with E-state index < -0.39 is 35.3 Å². The van der Waals surface area contributed by atoms with E-state index in [-0.39, 0.29) is 0 Å². The first-order valence-electron chi connectivity index (χ1n) is 11.6. The molecule has 3 N–H and O–H groups in total. The average molecular weight is 497 g/mol. The van der Waals surface area contributed by atoms with Crippen LogP contribution in [0.15, 0.2) is 54.0 Å². The summed E-state index contributed by atoms with van der Waals surface area (Å²) in [5.41, 5.74) is 1.49. The number of ketones is 1. The summed E-state index contributed by atoms with van der Waals surface area (Å²) in [6, 6.07) is 12.5. The Bertz CT molecular complexity index is 1120. The lowest BCUT2D eigenvalue weighted by molar-refractivity contribution is -0.136. The molecule has 0 aliphatic heterocycles. The van der Waals surface area contributed by atoms with Crippen molar-refractivity contribution in [3.8, 4) is 10.4 Å². The normalized spacial score (nSPS) is 13.0. The number of benzene rings is 1. The van der Waals surface area contributed by atoms with Crippen LogP contribution in [0, 0.1) is 5.41 Å². The zero-order valence-electron chi connectivity index (χ0n) is 20.5. The molecule has 2 amide bonds. The van der Waals surface area contributed by atoms with Gasteiger partial charge in [0.05, 0.1) is 6.20 Å². The number of hydrogen-bond donors (Lipinski definition) is 3. The first-order valence-corrected chi connectivity index (χ1v) is 12.5. The number of thiophene rings is 1. The molecule has 0 aliphatic carbocycles. The highest BCUT2D eigenvalue weighted by Crippen LogP contribution is 2.38. The first kappa shape index (κ1) is 26.2. The summed E-state index contributed by atoms with van der Waals surface area (Å²) in [6.07, 6.45) is 1.96. The van der Waals surface area contributed by atoms with E-state index in [2.05, 4.69) is 20.8 Å². The van der Waals surface area contributed by atoms with Gasteiger partial charge < -0.3 is 15.4 Å². The number of Topliss-reactive ketones (excluding diaryl/α,β-unsaturated/α-hetero) is 1. The summed E-state index contributed by atoms with van der Waals surface area (Å²) in [6.45, 7) is 7.93. The van der Waals surface area contributed by atoms with E-state index in [1.165, 1.54) is 12.3 Å². The van der Waals surface area contributed by atoms with Gasteiger partial charge in [0.25, 0.3) is 5.91 Å². The molecule has 2 atom stereocenters. The highest BCUT2D eigenvalue weighted by Gasteiger charge is 2.33. The SMILES string of the molecule is CCCC[C@H](NC(=O)O[C@H](c1cccc(-c2cccs2)c1)C(C)(C)C)C(=O)C(=O)Nc1ccn[nH]1. The molecule has 9 heteroatoms. The van der Waals surface area contributed by atoms with Gasteiger partial charge >= 0.3 is 6.09 Å². The molecule has 3 aromatic rings. The number of alkyl carbamates (subject to hydrolysis) is 1. The maximum atomic E-state index is 13.0. The van der Waals surface area contributed by atoms with Crippen molar-refractivity contribution in [2.45, 2.75) is 59.1 Å². The smallest absolute Gasteiger partial charge is 0.408 e. The molecule has 0 fully saturated rings. The van der Waals surface area contributed by atoms with Crippen LogP contribution in [0.25, 0.3) is 10.4 Å². The largest absolute Gasteiger partial charge is 0.441 e. The lowest BCUT2D eigenvalue weighted by Crippen LogP contribution is -2.46. The second-order valence-corrected chi connectivity index (χ2v) is 10.3. The van der Waals surface area contributed by atoms with Crippen molar-refractivity contribution in [3.05, 3.63) is 59.6 Å². The number of carbonyl (C=O) groups is 3. The van der Waals surface area contributed by atoms with Crippen LogP contribution >= 0.6 is 11.3 Å². The van der Waals surface area contributed by atoms with E-state index in [1.54, 1.807) is 11.3 Å². The van der Waals surface area contributed by atoms with E-state index in [1.807, 2.05) is 69.5 Å². The Morgan fingerprint density at radius 1 is 1.14 bits per heavy atom. The number of nitrogens with one attached hydrogen (secondary N) is 3. The molecule has 0 unspecified atom stereocenters. The van der Waals surface area contributed by atoms with Crippen molar-refractivity contribution in [3.63, 3.8) is 0 Å². The standard InChI is InChI=1S/C26H32N4O4S/c1-5-6-11-19(22(31)24(32)29-21-13-14-27-30-21)28-25(33)34-23(26(2,3)4)18-10-7-9-17(16-18)20-12-8-15-35-20/h7-10,12-16,19,23H,5-6,11H2,1-4H3,(H,28,33)(H2,27,29,30,32)/t19-,23+/m0/s1. The van der Waals surface area contributed by atoms with Gasteiger partial charge in [-0.3, -0.25) is 14.7 Å². The van der Waals surface area contributed by atoms with E-state index in [0.717, 1.165) is 22.4 Å². The predicted octanol–water partition coefficient (Wildman–Crippen LogP) is 5.72. The molecule has 1 aromatic carbocycles. The highest BCUT2D eigenvalue weighted by atomic mass is 32.1. The van der Waals surface area contributed by atoms with E-state index >= 15 is 0 Å². The van der Waals surface area contributed by atoms with Gasteiger partial charge in [0.2, 0.25) is 5.78 Å². The minimum atomic E-state index is -0.997. The first-order chi connectivity index (χ1) is 16.7. The second-order valence-electron chi connectivity index (χ2n) is 9.38. The van der Waals surface area contributed by atoms with E-state index in [9.17, 15) is 14.4 Å². The molecule has 0 spiro atoms. The Balaban J connectivity index is 1.75. The predicted molar refractivity (Wildman–Crippen MR) is 137 cm³/mol. The molecule has 8 nitrogen and oxygen atoms in total. The molecule has 0 radical (unpaired) electrons. The maximum Gasteiger partial charge on any atom is 0.408 e. The van der Waals surface area contributed by atoms with Crippen molar-refractivity contribution < 1.29 is 19.1 Å². The molecule has 0 saturated carbocycles. The third-order valence-corrected chi connectivity index (χ3v) is 6.35. The summed E-state index contributed by atoms with van der Waals surface area (Å²) < 4.78 is 5.87. The summed E-state index contributed by atoms with van der Waals surface area (Å²) in [5, 5.41) is 13.4. The molecule has 3 rings (SSSR count). The molecule has 2 heterocycles. The zero-order valence-corrected chi connectivity index (χ0v) is 21.3. The van der Waals surface area contributed by atoms with Crippen molar-refractivity contribution in [2.75, 3.05) is 5.32 Å². The Hall–Kier alpha value is -3.46. The van der Waals surface area contributed by atoms with Gasteiger partial charge in [-0.05, 0) is 35.1 Å². The van der Waals surface area contributed by atoms with Crippen LogP contribution in [0.3, 0.4) is 0 Å². The van der Waals surface area contributed by atoms with Crippen LogP contribution in [-0.2, 0) is 14.3 Å². The summed E-state index contributed by atoms with van der Waals surface area (Å²) >= 11 is 1.64. The Kier molecular flexibility index (Phi) is 8.81. The number of H-pyrrole nitrogens is 1. The third kappa shape index (κ3) is 7.26. The average Bonchev–Trinajstić information content (AvgIpc) is 3.53. The van der Waals surface area contributed by atoms with Gasteiger partial charge in [0.1, 0.15) is 18.0 Å². The fraction of sp³-hybridized carbons (Fsp3) is 0.385. The number of ether oxygens (including phenoxy) is 1. The number of carbonyl (C=O) groups excluding carboxylic acids is 3. The lowest BCUT2D eigenvalue weighted by Gasteiger charge is -2.31. The Labute approximate surface area is 209 Å². The minimum absolute atomic E-state index is 0.304. The van der Waals surface area contributed by atoms with Crippen molar-refractivity contribution in [1.82, 2.24) is 15.5 Å². The van der Waals surface area contributed by atoms with Crippen LogP contribution < -0.4 is 10.6 Å². The molecule has 0 aliphatic rings. The van der Waals surface area contributed by atoms with Crippen LogP contribution in [0.1, 0.15) is 58.6 Å². The molecule has 0 bridgehead atoms. The minimum Gasteiger partial charge on any atom is -0.441 e. The number of amides is 2. The number of rotatable bonds is 10. The van der Waals surface area contributed by atoms with Gasteiger partial charge in [-0.2, -0.15) is 5.10 Å². The number of nitrogens with zero attached hydrogens (tertiary/aromatic N) is 1. The Morgan fingerprint density at radius 3 is 2.57 bits per heavy atom. The van der Waals surface area contributed by atoms with Gasteiger partial charge in [-0.15, -0.1) is 11.3 Å². The lowest BCUT2D eigenvalue weighted by atomic mass is 9.84. The monoisotopic (exact) mass is 496 g/mol. The van der Waals surface area contributed by atoms with Crippen LogP contribution in [-0.4, -0.2) is 34.0 Å². The summed E-state index contributed by atoms with van der Waals surface area (Å²) in [7, 11) is 0. The maximum absolute atomic E-state index is 13.0. The second kappa shape index (κ2) is 11.8. The van der Waals surface area contributed by atoms with Gasteiger partial charge in [-0.25, -0.2) is 4.79 Å². The van der Waals surface area contributed by atoms with Crippen molar-refractivity contribution in [1.29, 1.82) is 0 Å². The van der Waals surface area contributed by atoms with E-state index in [0.29, 0.717) is 18.7 Å². The highest BCUT2D eigenvalue weighted by molar-refractivity contribution is 7.13. The fourth-order valence-corrected chi connectivity index (χ4v) is 4.39. The number of aromatic nitrogens is 2. The number of hydrogen-bond acceptors (Lipinski definition) is 6.